The van der Waals surface area contributed by atoms with Crippen LogP contribution in [-0.4, -0.2) is 43.6 Å². The summed E-state index contributed by atoms with van der Waals surface area (Å²) in [5.41, 5.74) is 4.98. The third kappa shape index (κ3) is 4.13. The fraction of sp³-hybridized carbons (Fsp3) is 0.292. The minimum absolute atomic E-state index is 0.0320. The third-order valence-electron chi connectivity index (χ3n) is 6.00. The standard InChI is InChI=1S/C24H25FN6O/c1-30-13-18-14-31(12-16-4-7-26-8-5-16)15-21(23(18)29-30)24(32)27-9-6-17-11-28-22-3-2-19(25)10-20(17)22/h2-5,7-8,10-11,13,21,28H,6,9,12,14-15H2,1H3,(H,27,32)/t21-/m0/s1. The maximum atomic E-state index is 13.6. The number of nitrogens with one attached hydrogen (secondary N) is 2. The lowest BCUT2D eigenvalue weighted by Gasteiger charge is -2.31. The van der Waals surface area contributed by atoms with Crippen molar-refractivity contribution in [2.75, 3.05) is 13.1 Å². The molecule has 1 aliphatic heterocycles. The maximum Gasteiger partial charge on any atom is 0.230 e. The predicted molar refractivity (Wildman–Crippen MR) is 119 cm³/mol. The molecular formula is C24H25FN6O. The van der Waals surface area contributed by atoms with Gasteiger partial charge in [0.25, 0.3) is 0 Å². The number of hydrogen-bond acceptors (Lipinski definition) is 4. The number of carbonyl (C=O) groups is 1. The Kier molecular flexibility index (Phi) is 5.45. The molecule has 0 aliphatic carbocycles. The number of nitrogens with zero attached hydrogens (tertiary/aromatic N) is 4. The van der Waals surface area contributed by atoms with Crippen LogP contribution in [0.25, 0.3) is 10.9 Å². The van der Waals surface area contributed by atoms with Gasteiger partial charge in [0, 0.05) is 74.5 Å². The van der Waals surface area contributed by atoms with Gasteiger partial charge in [-0.05, 0) is 47.9 Å². The van der Waals surface area contributed by atoms with Gasteiger partial charge in [-0.2, -0.15) is 5.10 Å². The van der Waals surface area contributed by atoms with E-state index in [9.17, 15) is 9.18 Å². The molecule has 0 fully saturated rings. The number of hydrogen-bond donors (Lipinski definition) is 2. The molecule has 0 bridgehead atoms. The van der Waals surface area contributed by atoms with Crippen molar-refractivity contribution in [2.24, 2.45) is 7.05 Å². The lowest BCUT2D eigenvalue weighted by molar-refractivity contribution is -0.123. The SMILES string of the molecule is Cn1cc2c(n1)[C@@H](C(=O)NCCc1c[nH]c3ccc(F)cc13)CN(Cc1ccncc1)C2. The topological polar surface area (TPSA) is 78.8 Å². The highest BCUT2D eigenvalue weighted by Gasteiger charge is 2.33. The summed E-state index contributed by atoms with van der Waals surface area (Å²) in [6, 6.07) is 8.70. The number of fused-ring (bicyclic) bond motifs is 2. The van der Waals surface area contributed by atoms with Gasteiger partial charge in [-0.3, -0.25) is 19.4 Å². The molecule has 3 aromatic heterocycles. The second-order valence-corrected chi connectivity index (χ2v) is 8.34. The number of carbonyl (C=O) groups excluding carboxylic acids is 1. The van der Waals surface area contributed by atoms with Gasteiger partial charge in [-0.1, -0.05) is 0 Å². The molecule has 1 atom stereocenters. The zero-order chi connectivity index (χ0) is 22.1. The second-order valence-electron chi connectivity index (χ2n) is 8.34. The van der Waals surface area contributed by atoms with Gasteiger partial charge in [0.2, 0.25) is 5.91 Å². The Morgan fingerprint density at radius 2 is 2.12 bits per heavy atom. The monoisotopic (exact) mass is 432 g/mol. The van der Waals surface area contributed by atoms with Crippen molar-refractivity contribution in [1.29, 1.82) is 0 Å². The number of H-pyrrole nitrogens is 1. The summed E-state index contributed by atoms with van der Waals surface area (Å²) >= 11 is 0. The van der Waals surface area contributed by atoms with Crippen LogP contribution in [0.1, 0.15) is 28.3 Å². The molecule has 0 saturated heterocycles. The van der Waals surface area contributed by atoms with E-state index < -0.39 is 0 Å². The van der Waals surface area contributed by atoms with Gasteiger partial charge in [0.1, 0.15) is 5.82 Å². The molecule has 5 rings (SSSR count). The molecule has 0 unspecified atom stereocenters. The van der Waals surface area contributed by atoms with Crippen LogP contribution in [0.5, 0.6) is 0 Å². The normalized spacial score (nSPS) is 16.2. The molecule has 1 aromatic carbocycles. The van der Waals surface area contributed by atoms with E-state index in [1.807, 2.05) is 31.6 Å². The summed E-state index contributed by atoms with van der Waals surface area (Å²) in [6.45, 7) is 2.60. The Morgan fingerprint density at radius 1 is 1.28 bits per heavy atom. The number of benzene rings is 1. The first-order chi connectivity index (χ1) is 15.6. The average molecular weight is 433 g/mol. The van der Waals surface area contributed by atoms with Crippen molar-refractivity contribution < 1.29 is 9.18 Å². The molecule has 7 nitrogen and oxygen atoms in total. The van der Waals surface area contributed by atoms with E-state index in [-0.39, 0.29) is 17.6 Å². The molecule has 4 aromatic rings. The quantitative estimate of drug-likeness (QED) is 0.491. The minimum atomic E-state index is -0.331. The van der Waals surface area contributed by atoms with Gasteiger partial charge >= 0.3 is 0 Å². The van der Waals surface area contributed by atoms with E-state index in [0.717, 1.165) is 46.4 Å². The molecule has 1 amide bonds. The number of pyridine rings is 1. The van der Waals surface area contributed by atoms with Crippen LogP contribution in [0.4, 0.5) is 4.39 Å². The summed E-state index contributed by atoms with van der Waals surface area (Å²) in [4.78, 5) is 22.7. The zero-order valence-electron chi connectivity index (χ0n) is 17.9. The highest BCUT2D eigenvalue weighted by atomic mass is 19.1. The Balaban J connectivity index is 1.27. The van der Waals surface area contributed by atoms with Gasteiger partial charge < -0.3 is 10.3 Å². The van der Waals surface area contributed by atoms with Crippen LogP contribution < -0.4 is 5.32 Å². The number of aromatic nitrogens is 4. The lowest BCUT2D eigenvalue weighted by Crippen LogP contribution is -2.41. The summed E-state index contributed by atoms with van der Waals surface area (Å²) in [7, 11) is 1.89. The smallest absolute Gasteiger partial charge is 0.230 e. The summed E-state index contributed by atoms with van der Waals surface area (Å²) in [6.07, 6.45) is 8.07. The van der Waals surface area contributed by atoms with E-state index >= 15 is 0 Å². The van der Waals surface area contributed by atoms with Crippen LogP contribution in [0.15, 0.2) is 55.1 Å². The van der Waals surface area contributed by atoms with Crippen molar-refractivity contribution in [1.82, 2.24) is 30.0 Å². The van der Waals surface area contributed by atoms with Crippen LogP contribution in [0.3, 0.4) is 0 Å². The fourth-order valence-electron chi connectivity index (χ4n) is 4.50. The Bertz CT molecular complexity index is 1250. The predicted octanol–water partition coefficient (Wildman–Crippen LogP) is 2.89. The summed E-state index contributed by atoms with van der Waals surface area (Å²) < 4.78 is 15.4. The van der Waals surface area contributed by atoms with E-state index in [1.54, 1.807) is 23.1 Å². The largest absolute Gasteiger partial charge is 0.361 e. The lowest BCUT2D eigenvalue weighted by atomic mass is 9.95. The molecule has 32 heavy (non-hydrogen) atoms. The molecule has 2 N–H and O–H groups in total. The molecule has 0 saturated carbocycles. The molecule has 1 aliphatic rings. The van der Waals surface area contributed by atoms with Gasteiger partial charge in [0.15, 0.2) is 0 Å². The number of halogens is 1. The highest BCUT2D eigenvalue weighted by Crippen LogP contribution is 2.28. The number of aromatic amines is 1. The van der Waals surface area contributed by atoms with E-state index in [1.165, 1.54) is 12.1 Å². The van der Waals surface area contributed by atoms with Crippen LogP contribution in [-0.2, 0) is 31.4 Å². The van der Waals surface area contributed by atoms with Crippen LogP contribution >= 0.6 is 0 Å². The molecular weight excluding hydrogens is 407 g/mol. The van der Waals surface area contributed by atoms with Crippen molar-refractivity contribution >= 4 is 16.8 Å². The number of aryl methyl sites for hydroxylation is 1. The maximum absolute atomic E-state index is 13.6. The van der Waals surface area contributed by atoms with Crippen molar-refractivity contribution in [2.45, 2.75) is 25.4 Å². The molecule has 4 heterocycles. The molecule has 8 heteroatoms. The van der Waals surface area contributed by atoms with Crippen molar-refractivity contribution in [3.05, 3.63) is 83.3 Å². The van der Waals surface area contributed by atoms with Crippen LogP contribution in [0.2, 0.25) is 0 Å². The molecule has 0 radical (unpaired) electrons. The first-order valence-corrected chi connectivity index (χ1v) is 10.7. The Morgan fingerprint density at radius 3 is 2.97 bits per heavy atom. The first-order valence-electron chi connectivity index (χ1n) is 10.7. The minimum Gasteiger partial charge on any atom is -0.361 e. The van der Waals surface area contributed by atoms with Crippen molar-refractivity contribution in [3.8, 4) is 0 Å². The van der Waals surface area contributed by atoms with Gasteiger partial charge in [0.05, 0.1) is 11.6 Å². The highest BCUT2D eigenvalue weighted by molar-refractivity contribution is 5.85. The zero-order valence-corrected chi connectivity index (χ0v) is 17.9. The molecule has 164 valence electrons. The number of rotatable bonds is 6. The fourth-order valence-corrected chi connectivity index (χ4v) is 4.50. The Hall–Kier alpha value is -3.52. The third-order valence-corrected chi connectivity index (χ3v) is 6.00. The van der Waals surface area contributed by atoms with E-state index in [0.29, 0.717) is 19.5 Å². The average Bonchev–Trinajstić information content (AvgIpc) is 3.36. The van der Waals surface area contributed by atoms with E-state index in [2.05, 4.69) is 25.3 Å². The summed E-state index contributed by atoms with van der Waals surface area (Å²) in [5.74, 6) is -0.626. The first kappa shape index (κ1) is 20.4. The van der Waals surface area contributed by atoms with Gasteiger partial charge in [-0.25, -0.2) is 4.39 Å². The van der Waals surface area contributed by atoms with E-state index in [4.69, 9.17) is 0 Å². The molecule has 0 spiro atoms. The number of amides is 1. The van der Waals surface area contributed by atoms with Crippen LogP contribution in [0, 0.1) is 5.82 Å². The Labute approximate surface area is 185 Å². The second kappa shape index (κ2) is 8.55. The van der Waals surface area contributed by atoms with Gasteiger partial charge in [-0.15, -0.1) is 0 Å². The van der Waals surface area contributed by atoms with Crippen molar-refractivity contribution in [3.63, 3.8) is 0 Å². The summed E-state index contributed by atoms with van der Waals surface area (Å²) in [5, 5.41) is 8.50.